The molecule has 0 N–H and O–H groups in total. The van der Waals surface area contributed by atoms with Crippen molar-refractivity contribution in [2.45, 2.75) is 0 Å². The third-order valence-corrected chi connectivity index (χ3v) is 4.10. The Morgan fingerprint density at radius 2 is 1.58 bits per heavy atom. The van der Waals surface area contributed by atoms with Gasteiger partial charge < -0.3 is 4.74 Å². The normalized spacial score (nSPS) is 12.8. The van der Waals surface area contributed by atoms with Gasteiger partial charge in [-0.25, -0.2) is 0 Å². The van der Waals surface area contributed by atoms with E-state index in [1.165, 1.54) is 6.08 Å². The molecule has 3 nitrogen and oxygen atoms in total. The maximum Gasteiger partial charge on any atom is 0.197 e. The van der Waals surface area contributed by atoms with Crippen LogP contribution >= 0.6 is 23.2 Å². The molecule has 0 unspecified atom stereocenters. The zero-order valence-corrected chi connectivity index (χ0v) is 13.8. The quantitative estimate of drug-likeness (QED) is 0.463. The fraction of sp³-hybridized carbons (Fsp3) is 0.0526. The lowest BCUT2D eigenvalue weighted by atomic mass is 10.1. The molecule has 0 heterocycles. The lowest BCUT2D eigenvalue weighted by Crippen LogP contribution is -2.00. The van der Waals surface area contributed by atoms with Crippen molar-refractivity contribution in [1.82, 2.24) is 0 Å². The molecule has 1 aliphatic rings. The van der Waals surface area contributed by atoms with Gasteiger partial charge >= 0.3 is 0 Å². The van der Waals surface area contributed by atoms with E-state index in [4.69, 9.17) is 34.4 Å². The van der Waals surface area contributed by atoms with Crippen molar-refractivity contribution in [2.75, 3.05) is 6.61 Å². The summed E-state index contributed by atoms with van der Waals surface area (Å²) in [7, 11) is 0. The molecule has 0 aliphatic heterocycles. The van der Waals surface area contributed by atoms with Crippen LogP contribution in [0.2, 0.25) is 10.0 Å². The molecule has 0 atom stereocenters. The molecule has 5 heteroatoms. The van der Waals surface area contributed by atoms with E-state index in [9.17, 15) is 9.59 Å². The van der Waals surface area contributed by atoms with Crippen molar-refractivity contribution in [3.8, 4) is 18.1 Å². The first-order valence-electron chi connectivity index (χ1n) is 6.98. The van der Waals surface area contributed by atoms with Gasteiger partial charge in [-0.3, -0.25) is 9.59 Å². The first-order chi connectivity index (χ1) is 11.5. The molecule has 2 aromatic rings. The number of carbonyl (C=O) groups is 2. The summed E-state index contributed by atoms with van der Waals surface area (Å²) >= 11 is 12.3. The Balaban J connectivity index is 2.00. The maximum absolute atomic E-state index is 12.4. The molecule has 0 saturated carbocycles. The van der Waals surface area contributed by atoms with Crippen LogP contribution in [0.5, 0.6) is 5.75 Å². The van der Waals surface area contributed by atoms with Gasteiger partial charge in [0, 0.05) is 11.1 Å². The van der Waals surface area contributed by atoms with Crippen LogP contribution < -0.4 is 4.74 Å². The number of halogens is 2. The number of hydrogen-bond acceptors (Lipinski definition) is 3. The number of terminal acetylenes is 1. The summed E-state index contributed by atoms with van der Waals surface area (Å²) in [6.45, 7) is 0.0339. The van der Waals surface area contributed by atoms with Crippen molar-refractivity contribution in [2.24, 2.45) is 0 Å². The Bertz CT molecular complexity index is 876. The number of rotatable bonds is 3. The van der Waals surface area contributed by atoms with E-state index in [1.54, 1.807) is 36.4 Å². The Hall–Kier alpha value is -2.54. The van der Waals surface area contributed by atoms with Crippen LogP contribution in [0.1, 0.15) is 26.3 Å². The van der Waals surface area contributed by atoms with Crippen LogP contribution in [0.3, 0.4) is 0 Å². The minimum absolute atomic E-state index is 0.0339. The van der Waals surface area contributed by atoms with Gasteiger partial charge in [-0.05, 0) is 23.8 Å². The van der Waals surface area contributed by atoms with E-state index in [0.29, 0.717) is 16.7 Å². The Morgan fingerprint density at radius 1 is 1.04 bits per heavy atom. The van der Waals surface area contributed by atoms with E-state index >= 15 is 0 Å². The highest BCUT2D eigenvalue weighted by molar-refractivity contribution is 6.41. The molecule has 1 aliphatic carbocycles. The Labute approximate surface area is 148 Å². The molecule has 0 radical (unpaired) electrons. The molecular weight excluding hydrogens is 347 g/mol. The van der Waals surface area contributed by atoms with Crippen LogP contribution in [0.15, 0.2) is 42.0 Å². The second kappa shape index (κ2) is 6.52. The summed E-state index contributed by atoms with van der Waals surface area (Å²) in [6.07, 6.45) is 6.62. The van der Waals surface area contributed by atoms with Gasteiger partial charge in [0.05, 0.1) is 15.6 Å². The Morgan fingerprint density at radius 3 is 2.08 bits per heavy atom. The number of hydrogen-bond donors (Lipinski definition) is 0. The summed E-state index contributed by atoms with van der Waals surface area (Å²) in [4.78, 5) is 24.8. The van der Waals surface area contributed by atoms with Gasteiger partial charge in [-0.1, -0.05) is 53.4 Å². The van der Waals surface area contributed by atoms with E-state index in [0.717, 1.165) is 0 Å². The molecular formula is C19H10Cl2O3. The fourth-order valence-corrected chi connectivity index (χ4v) is 3.10. The van der Waals surface area contributed by atoms with E-state index in [1.807, 2.05) is 0 Å². The van der Waals surface area contributed by atoms with Gasteiger partial charge in [0.1, 0.15) is 6.61 Å². The highest BCUT2D eigenvalue weighted by Gasteiger charge is 2.32. The summed E-state index contributed by atoms with van der Waals surface area (Å²) in [5.41, 5.74) is 1.42. The predicted molar refractivity (Wildman–Crippen MR) is 93.9 cm³/mol. The second-order valence-electron chi connectivity index (χ2n) is 5.07. The summed E-state index contributed by atoms with van der Waals surface area (Å²) < 4.78 is 5.28. The predicted octanol–water partition coefficient (Wildman–Crippen LogP) is 4.47. The lowest BCUT2D eigenvalue weighted by Gasteiger charge is -2.08. The number of ether oxygens (including phenoxy) is 1. The largest absolute Gasteiger partial charge is 0.478 e. The molecule has 2 aromatic carbocycles. The highest BCUT2D eigenvalue weighted by Crippen LogP contribution is 2.36. The number of allylic oxidation sites excluding steroid dienone is 1. The molecule has 0 spiro atoms. The van der Waals surface area contributed by atoms with Gasteiger partial charge in [0.25, 0.3) is 0 Å². The molecule has 0 saturated heterocycles. The average molecular weight is 357 g/mol. The van der Waals surface area contributed by atoms with Crippen molar-refractivity contribution in [1.29, 1.82) is 0 Å². The van der Waals surface area contributed by atoms with Crippen molar-refractivity contribution >= 4 is 40.8 Å². The van der Waals surface area contributed by atoms with Gasteiger partial charge in [0.2, 0.25) is 0 Å². The van der Waals surface area contributed by atoms with Crippen LogP contribution in [0, 0.1) is 12.3 Å². The highest BCUT2D eigenvalue weighted by atomic mass is 35.5. The molecule has 118 valence electrons. The molecule has 0 aromatic heterocycles. The topological polar surface area (TPSA) is 43.4 Å². The first-order valence-corrected chi connectivity index (χ1v) is 7.74. The van der Waals surface area contributed by atoms with Crippen LogP contribution in [0.25, 0.3) is 6.08 Å². The lowest BCUT2D eigenvalue weighted by molar-refractivity contribution is 0.0990. The molecule has 0 fully saturated rings. The van der Waals surface area contributed by atoms with Crippen molar-refractivity contribution in [3.63, 3.8) is 0 Å². The minimum Gasteiger partial charge on any atom is -0.478 e. The smallest absolute Gasteiger partial charge is 0.197 e. The number of benzene rings is 2. The number of ketones is 2. The van der Waals surface area contributed by atoms with Gasteiger partial charge in [0.15, 0.2) is 17.3 Å². The van der Waals surface area contributed by atoms with Crippen molar-refractivity contribution in [3.05, 3.63) is 68.7 Å². The summed E-state index contributed by atoms with van der Waals surface area (Å²) in [5.74, 6) is 1.97. The van der Waals surface area contributed by atoms with Gasteiger partial charge in [-0.2, -0.15) is 0 Å². The molecule has 3 rings (SSSR count). The molecule has 0 amide bonds. The van der Waals surface area contributed by atoms with Crippen LogP contribution in [-0.2, 0) is 0 Å². The standard InChI is InChI=1S/C19H10Cl2O3/c1-2-7-24-19-15(20)9-11(10-16(19)21)8-14-17(22)12-5-3-4-6-13(12)18(14)23/h1,3-6,8-10H,7H2. The third kappa shape index (κ3) is 2.82. The SMILES string of the molecule is C#CCOc1c(Cl)cc(C=C2C(=O)c3ccccc3C2=O)cc1Cl. The van der Waals surface area contributed by atoms with E-state index < -0.39 is 0 Å². The third-order valence-electron chi connectivity index (χ3n) is 3.54. The first kappa shape index (κ1) is 16.3. The van der Waals surface area contributed by atoms with E-state index in [2.05, 4.69) is 5.92 Å². The average Bonchev–Trinajstić information content (AvgIpc) is 2.80. The summed E-state index contributed by atoms with van der Waals surface area (Å²) in [6, 6.07) is 9.84. The fourth-order valence-electron chi connectivity index (χ4n) is 2.48. The zero-order valence-electron chi connectivity index (χ0n) is 12.3. The second-order valence-corrected chi connectivity index (χ2v) is 5.88. The number of Topliss-reactive ketones (excluding diaryl/α,β-unsaturated/α-hetero) is 2. The van der Waals surface area contributed by atoms with Crippen LogP contribution in [-0.4, -0.2) is 18.2 Å². The Kier molecular flexibility index (Phi) is 4.44. The number of carbonyl (C=O) groups excluding carboxylic acids is 2. The zero-order chi connectivity index (χ0) is 17.3. The minimum atomic E-state index is -0.310. The number of fused-ring (bicyclic) bond motifs is 1. The monoisotopic (exact) mass is 356 g/mol. The van der Waals surface area contributed by atoms with Crippen molar-refractivity contribution < 1.29 is 14.3 Å². The van der Waals surface area contributed by atoms with Crippen LogP contribution in [0.4, 0.5) is 0 Å². The summed E-state index contributed by atoms with van der Waals surface area (Å²) in [5, 5.41) is 0.500. The van der Waals surface area contributed by atoms with Gasteiger partial charge in [-0.15, -0.1) is 6.42 Å². The molecule has 0 bridgehead atoms. The van der Waals surface area contributed by atoms with E-state index in [-0.39, 0.29) is 39.5 Å². The molecule has 24 heavy (non-hydrogen) atoms. The maximum atomic E-state index is 12.4.